The number of alkyl halides is 1. The van der Waals surface area contributed by atoms with Gasteiger partial charge >= 0.3 is 5.97 Å². The number of hydrogen-bond acceptors (Lipinski definition) is 2. The van der Waals surface area contributed by atoms with Crippen molar-refractivity contribution in [1.82, 2.24) is 0 Å². The number of aryl methyl sites for hydroxylation is 1. The number of carboxylic acid groups (broad SMARTS) is 1. The third kappa shape index (κ3) is 4.53. The molecular formula is C13H13BrO3. The Morgan fingerprint density at radius 1 is 1.41 bits per heavy atom. The summed E-state index contributed by atoms with van der Waals surface area (Å²) in [5, 5.41) is 8.91. The van der Waals surface area contributed by atoms with Gasteiger partial charge in [-0.1, -0.05) is 39.7 Å². The van der Waals surface area contributed by atoms with Crippen LogP contribution in [0.3, 0.4) is 0 Å². The molecule has 0 saturated heterocycles. The average molecular weight is 297 g/mol. The second-order valence-electron chi connectivity index (χ2n) is 3.72. The minimum Gasteiger partial charge on any atom is -0.478 e. The molecule has 1 rings (SSSR count). The minimum absolute atomic E-state index is 0.0684. The molecule has 0 aliphatic rings. The molecule has 0 fully saturated rings. The molecule has 0 unspecified atom stereocenters. The summed E-state index contributed by atoms with van der Waals surface area (Å²) in [6.07, 6.45) is 2.91. The first kappa shape index (κ1) is 13.6. The van der Waals surface area contributed by atoms with Crippen LogP contribution in [0.4, 0.5) is 0 Å². The monoisotopic (exact) mass is 296 g/mol. The van der Waals surface area contributed by atoms with Crippen molar-refractivity contribution in [3.8, 4) is 0 Å². The summed E-state index contributed by atoms with van der Waals surface area (Å²) in [6, 6.07) is 5.64. The van der Waals surface area contributed by atoms with Gasteiger partial charge in [-0.2, -0.15) is 0 Å². The highest BCUT2D eigenvalue weighted by atomic mass is 79.9. The molecule has 0 spiro atoms. The van der Waals surface area contributed by atoms with Crippen LogP contribution in [0.1, 0.15) is 16.7 Å². The molecule has 0 radical (unpaired) electrons. The van der Waals surface area contributed by atoms with Gasteiger partial charge in [-0.05, 0) is 24.1 Å². The molecule has 0 aliphatic carbocycles. The Hall–Kier alpha value is -1.42. The van der Waals surface area contributed by atoms with Crippen molar-refractivity contribution in [1.29, 1.82) is 0 Å². The molecule has 17 heavy (non-hydrogen) atoms. The predicted molar refractivity (Wildman–Crippen MR) is 70.4 cm³/mol. The zero-order chi connectivity index (χ0) is 12.8. The fourth-order valence-corrected chi connectivity index (χ4v) is 1.65. The highest BCUT2D eigenvalue weighted by molar-refractivity contribution is 9.09. The summed E-state index contributed by atoms with van der Waals surface area (Å²) in [4.78, 5) is 21.9. The summed E-state index contributed by atoms with van der Waals surface area (Å²) in [7, 11) is 0. The lowest BCUT2D eigenvalue weighted by atomic mass is 10.00. The topological polar surface area (TPSA) is 54.4 Å². The van der Waals surface area contributed by atoms with Gasteiger partial charge in [0.2, 0.25) is 0 Å². The first-order valence-corrected chi connectivity index (χ1v) is 6.23. The molecule has 0 amide bonds. The van der Waals surface area contributed by atoms with Crippen molar-refractivity contribution in [3.05, 3.63) is 41.0 Å². The van der Waals surface area contributed by atoms with Crippen LogP contribution in [0.25, 0.3) is 6.08 Å². The van der Waals surface area contributed by atoms with E-state index in [2.05, 4.69) is 15.9 Å². The maximum atomic E-state index is 11.4. The number of halogens is 1. The Bertz CT molecular complexity index is 464. The maximum absolute atomic E-state index is 11.4. The SMILES string of the molecule is Cc1ccc(CC(=O)CBr)c(/C=C/C(=O)O)c1. The Kier molecular flexibility index (Phi) is 5.10. The first-order valence-electron chi connectivity index (χ1n) is 5.11. The van der Waals surface area contributed by atoms with Crippen molar-refractivity contribution < 1.29 is 14.7 Å². The smallest absolute Gasteiger partial charge is 0.328 e. The number of rotatable bonds is 5. The summed E-state index contributed by atoms with van der Waals surface area (Å²) in [5.74, 6) is -0.928. The van der Waals surface area contributed by atoms with E-state index in [1.54, 1.807) is 0 Å². The third-order valence-corrected chi connectivity index (χ3v) is 2.87. The van der Waals surface area contributed by atoms with E-state index < -0.39 is 5.97 Å². The number of aliphatic carboxylic acids is 1. The van der Waals surface area contributed by atoms with Gasteiger partial charge in [0.05, 0.1) is 5.33 Å². The normalized spacial score (nSPS) is 10.7. The molecule has 90 valence electrons. The number of carbonyl (C=O) groups is 2. The van der Waals surface area contributed by atoms with Crippen LogP contribution < -0.4 is 0 Å². The summed E-state index contributed by atoms with van der Waals surface area (Å²) >= 11 is 3.11. The van der Waals surface area contributed by atoms with Gasteiger partial charge in [-0.15, -0.1) is 0 Å². The van der Waals surface area contributed by atoms with Crippen molar-refractivity contribution in [2.24, 2.45) is 0 Å². The molecule has 4 heteroatoms. The molecule has 1 aromatic carbocycles. The van der Waals surface area contributed by atoms with Crippen LogP contribution in [0.15, 0.2) is 24.3 Å². The number of hydrogen-bond donors (Lipinski definition) is 1. The van der Waals surface area contributed by atoms with E-state index in [4.69, 9.17) is 5.11 Å². The van der Waals surface area contributed by atoms with E-state index in [0.717, 1.165) is 22.8 Å². The average Bonchev–Trinajstić information content (AvgIpc) is 2.29. The van der Waals surface area contributed by atoms with E-state index in [-0.39, 0.29) is 5.78 Å². The lowest BCUT2D eigenvalue weighted by molar-refractivity contribution is -0.131. The van der Waals surface area contributed by atoms with Gasteiger partial charge in [0.15, 0.2) is 0 Å². The van der Waals surface area contributed by atoms with Crippen LogP contribution in [0.5, 0.6) is 0 Å². The molecular weight excluding hydrogens is 284 g/mol. The van der Waals surface area contributed by atoms with Crippen molar-refractivity contribution in [2.75, 3.05) is 5.33 Å². The highest BCUT2D eigenvalue weighted by Crippen LogP contribution is 2.15. The van der Waals surface area contributed by atoms with Gasteiger partial charge in [0.1, 0.15) is 5.78 Å². The molecule has 0 bridgehead atoms. The number of benzene rings is 1. The Morgan fingerprint density at radius 2 is 2.12 bits per heavy atom. The maximum Gasteiger partial charge on any atom is 0.328 e. The third-order valence-electron chi connectivity index (χ3n) is 2.24. The van der Waals surface area contributed by atoms with Crippen LogP contribution in [0.2, 0.25) is 0 Å². The second-order valence-corrected chi connectivity index (χ2v) is 4.28. The standard InChI is InChI=1S/C13H13BrO3/c1-9-2-3-11(7-12(15)8-14)10(6-9)4-5-13(16)17/h2-6H,7-8H2,1H3,(H,16,17)/b5-4+. The number of ketones is 1. The van der Waals surface area contributed by atoms with Gasteiger partial charge in [-0.3, -0.25) is 4.79 Å². The Balaban J connectivity index is 3.03. The fourth-order valence-electron chi connectivity index (χ4n) is 1.45. The van der Waals surface area contributed by atoms with Gasteiger partial charge in [0.25, 0.3) is 0 Å². The molecule has 0 aliphatic heterocycles. The molecule has 3 nitrogen and oxygen atoms in total. The lowest BCUT2D eigenvalue weighted by Gasteiger charge is -2.05. The number of Topliss-reactive ketones (excluding diaryl/α,β-unsaturated/α-hetero) is 1. The van der Waals surface area contributed by atoms with Crippen molar-refractivity contribution in [3.63, 3.8) is 0 Å². The Labute approximate surface area is 108 Å². The lowest BCUT2D eigenvalue weighted by Crippen LogP contribution is -2.05. The quantitative estimate of drug-likeness (QED) is 0.671. The molecule has 0 saturated carbocycles. The van der Waals surface area contributed by atoms with Crippen LogP contribution in [-0.2, 0) is 16.0 Å². The summed E-state index contributed by atoms with van der Waals surface area (Å²) in [6.45, 7) is 1.92. The first-order chi connectivity index (χ1) is 8.02. The van der Waals surface area contributed by atoms with Gasteiger partial charge < -0.3 is 5.11 Å². The number of carboxylic acids is 1. The largest absolute Gasteiger partial charge is 0.478 e. The molecule has 1 N–H and O–H groups in total. The van der Waals surface area contributed by atoms with Gasteiger partial charge in [0, 0.05) is 12.5 Å². The molecule has 0 aromatic heterocycles. The van der Waals surface area contributed by atoms with E-state index in [1.807, 2.05) is 25.1 Å². The highest BCUT2D eigenvalue weighted by Gasteiger charge is 2.06. The van der Waals surface area contributed by atoms with E-state index in [1.165, 1.54) is 6.08 Å². The molecule has 0 heterocycles. The van der Waals surface area contributed by atoms with Crippen LogP contribution >= 0.6 is 15.9 Å². The fraction of sp³-hybridized carbons (Fsp3) is 0.231. The Morgan fingerprint density at radius 3 is 2.71 bits per heavy atom. The minimum atomic E-state index is -0.996. The predicted octanol–water partition coefficient (Wildman–Crippen LogP) is 2.60. The van der Waals surface area contributed by atoms with E-state index in [9.17, 15) is 9.59 Å². The number of carbonyl (C=O) groups excluding carboxylic acids is 1. The van der Waals surface area contributed by atoms with Crippen molar-refractivity contribution >= 4 is 33.8 Å². The zero-order valence-electron chi connectivity index (χ0n) is 9.44. The van der Waals surface area contributed by atoms with E-state index >= 15 is 0 Å². The van der Waals surface area contributed by atoms with Crippen LogP contribution in [0, 0.1) is 6.92 Å². The van der Waals surface area contributed by atoms with E-state index in [0.29, 0.717) is 11.8 Å². The molecule has 1 aromatic rings. The van der Waals surface area contributed by atoms with Gasteiger partial charge in [-0.25, -0.2) is 4.79 Å². The molecule has 0 atom stereocenters. The second kappa shape index (κ2) is 6.35. The van der Waals surface area contributed by atoms with Crippen LogP contribution in [-0.4, -0.2) is 22.2 Å². The van der Waals surface area contributed by atoms with Crippen molar-refractivity contribution in [2.45, 2.75) is 13.3 Å². The zero-order valence-corrected chi connectivity index (χ0v) is 11.0. The summed E-state index contributed by atoms with van der Waals surface area (Å²) < 4.78 is 0. The summed E-state index contributed by atoms with van der Waals surface area (Å²) in [5.41, 5.74) is 2.66.